The average molecular weight is 180 g/mol. The van der Waals surface area contributed by atoms with Crippen LogP contribution < -0.4 is 0 Å². The third kappa shape index (κ3) is 14.1. The van der Waals surface area contributed by atoms with Crippen molar-refractivity contribution in [2.24, 2.45) is 0 Å². The zero-order valence-corrected chi connectivity index (χ0v) is 9.80. The normalized spacial score (nSPS) is 11.9. The number of hydrogen-bond acceptors (Lipinski definition) is 0. The molecule has 0 atom stereocenters. The highest BCUT2D eigenvalue weighted by molar-refractivity contribution is 5.14. The molecule has 0 heterocycles. The maximum Gasteiger partial charge on any atom is -0.0349 e. The Morgan fingerprint density at radius 2 is 1.62 bits per heavy atom. The standard InChI is InChI=1S/C11H18.C2H6/c1-4-6-7-8-9-10-11(3)5-2;1-2/h6-10H,4-5H2,1-3H3;1-2H3/b7-6+,9-8-,11-10+;. The van der Waals surface area contributed by atoms with Crippen LogP contribution in [-0.2, 0) is 0 Å². The Kier molecular flexibility index (Phi) is 15.6. The van der Waals surface area contributed by atoms with E-state index in [2.05, 4.69) is 51.2 Å². The van der Waals surface area contributed by atoms with Crippen LogP contribution in [0.25, 0.3) is 0 Å². The summed E-state index contributed by atoms with van der Waals surface area (Å²) in [6.45, 7) is 10.5. The van der Waals surface area contributed by atoms with Gasteiger partial charge in [-0.15, -0.1) is 0 Å². The summed E-state index contributed by atoms with van der Waals surface area (Å²) < 4.78 is 0. The lowest BCUT2D eigenvalue weighted by Gasteiger charge is -1.87. The summed E-state index contributed by atoms with van der Waals surface area (Å²) in [4.78, 5) is 0. The summed E-state index contributed by atoms with van der Waals surface area (Å²) in [6.07, 6.45) is 12.8. The molecule has 0 aromatic carbocycles. The van der Waals surface area contributed by atoms with Crippen LogP contribution in [0, 0.1) is 0 Å². The quantitative estimate of drug-likeness (QED) is 0.540. The van der Waals surface area contributed by atoms with Crippen molar-refractivity contribution in [3.05, 3.63) is 36.0 Å². The maximum absolute atomic E-state index is 2.17. The summed E-state index contributed by atoms with van der Waals surface area (Å²) in [5, 5.41) is 0. The van der Waals surface area contributed by atoms with E-state index in [0.717, 1.165) is 12.8 Å². The molecule has 0 unspecified atom stereocenters. The van der Waals surface area contributed by atoms with Crippen LogP contribution in [0.5, 0.6) is 0 Å². The van der Waals surface area contributed by atoms with E-state index >= 15 is 0 Å². The SMILES string of the molecule is CC.CC/C=C/C=C\C=C(/C)CC. The first-order chi connectivity index (χ1) is 6.31. The zero-order chi connectivity index (χ0) is 10.5. The van der Waals surface area contributed by atoms with Crippen molar-refractivity contribution in [3.63, 3.8) is 0 Å². The largest absolute Gasteiger partial charge is 0.0848 e. The second-order valence-corrected chi connectivity index (χ2v) is 2.59. The molecule has 0 spiro atoms. The smallest absolute Gasteiger partial charge is 0.0349 e. The third-order valence-corrected chi connectivity index (χ3v) is 1.53. The van der Waals surface area contributed by atoms with Crippen LogP contribution in [0.15, 0.2) is 36.0 Å². The Morgan fingerprint density at radius 3 is 2.08 bits per heavy atom. The van der Waals surface area contributed by atoms with E-state index in [1.807, 2.05) is 13.8 Å². The van der Waals surface area contributed by atoms with Crippen LogP contribution in [0.2, 0.25) is 0 Å². The Balaban J connectivity index is 0. The van der Waals surface area contributed by atoms with Gasteiger partial charge in [0, 0.05) is 0 Å². The molecule has 0 aromatic rings. The van der Waals surface area contributed by atoms with Gasteiger partial charge in [0.2, 0.25) is 0 Å². The first kappa shape index (κ1) is 14.7. The van der Waals surface area contributed by atoms with Crippen LogP contribution in [0.4, 0.5) is 0 Å². The van der Waals surface area contributed by atoms with E-state index in [-0.39, 0.29) is 0 Å². The Hall–Kier alpha value is -0.780. The highest BCUT2D eigenvalue weighted by atomic mass is 13.8. The summed E-state index contributed by atoms with van der Waals surface area (Å²) in [5.41, 5.74) is 1.42. The molecule has 0 bridgehead atoms. The molecule has 0 aliphatic heterocycles. The minimum absolute atomic E-state index is 1.11. The molecule has 0 radical (unpaired) electrons. The fraction of sp³-hybridized carbons (Fsp3) is 0.538. The average Bonchev–Trinajstić information content (AvgIpc) is 2.20. The second-order valence-electron chi connectivity index (χ2n) is 2.59. The molecule has 0 rings (SSSR count). The van der Waals surface area contributed by atoms with E-state index in [1.54, 1.807) is 0 Å². The molecule has 0 nitrogen and oxygen atoms in total. The molecule has 0 aliphatic rings. The zero-order valence-electron chi connectivity index (χ0n) is 9.80. The fourth-order valence-electron chi connectivity index (χ4n) is 0.616. The van der Waals surface area contributed by atoms with Gasteiger partial charge in [-0.3, -0.25) is 0 Å². The first-order valence-corrected chi connectivity index (χ1v) is 5.30. The highest BCUT2D eigenvalue weighted by Crippen LogP contribution is 1.97. The molecule has 0 heteroatoms. The first-order valence-electron chi connectivity index (χ1n) is 5.30. The molecule has 0 N–H and O–H groups in total. The highest BCUT2D eigenvalue weighted by Gasteiger charge is 1.76. The molecular formula is C13H24. The Morgan fingerprint density at radius 1 is 1.00 bits per heavy atom. The minimum Gasteiger partial charge on any atom is -0.0848 e. The van der Waals surface area contributed by atoms with Crippen LogP contribution in [0.3, 0.4) is 0 Å². The molecule has 0 saturated carbocycles. The van der Waals surface area contributed by atoms with Crippen molar-refractivity contribution in [1.82, 2.24) is 0 Å². The molecule has 0 amide bonds. The van der Waals surface area contributed by atoms with Gasteiger partial charge >= 0.3 is 0 Å². The lowest BCUT2D eigenvalue weighted by molar-refractivity contribution is 1.10. The minimum atomic E-state index is 1.11. The molecule has 76 valence electrons. The number of rotatable bonds is 4. The van der Waals surface area contributed by atoms with E-state index in [4.69, 9.17) is 0 Å². The van der Waals surface area contributed by atoms with Gasteiger partial charge in [0.15, 0.2) is 0 Å². The van der Waals surface area contributed by atoms with Crippen molar-refractivity contribution < 1.29 is 0 Å². The van der Waals surface area contributed by atoms with Gasteiger partial charge in [-0.05, 0) is 19.8 Å². The Bertz CT molecular complexity index is 159. The van der Waals surface area contributed by atoms with E-state index in [0.29, 0.717) is 0 Å². The topological polar surface area (TPSA) is 0 Å². The van der Waals surface area contributed by atoms with Crippen molar-refractivity contribution >= 4 is 0 Å². The molecule has 0 aromatic heterocycles. The molecule has 0 fully saturated rings. The van der Waals surface area contributed by atoms with Gasteiger partial charge in [0.25, 0.3) is 0 Å². The van der Waals surface area contributed by atoms with Gasteiger partial charge in [0.1, 0.15) is 0 Å². The van der Waals surface area contributed by atoms with Crippen LogP contribution in [-0.4, -0.2) is 0 Å². The van der Waals surface area contributed by atoms with E-state index in [1.165, 1.54) is 5.57 Å². The molecule has 13 heavy (non-hydrogen) atoms. The van der Waals surface area contributed by atoms with Crippen LogP contribution in [0.1, 0.15) is 47.5 Å². The Labute approximate surface area is 84.1 Å². The summed E-state index contributed by atoms with van der Waals surface area (Å²) in [6, 6.07) is 0. The monoisotopic (exact) mass is 180 g/mol. The molecule has 0 aliphatic carbocycles. The lowest BCUT2D eigenvalue weighted by atomic mass is 10.2. The van der Waals surface area contributed by atoms with E-state index < -0.39 is 0 Å². The fourth-order valence-corrected chi connectivity index (χ4v) is 0.616. The number of allylic oxidation sites excluding steroid dienone is 6. The van der Waals surface area contributed by atoms with Crippen molar-refractivity contribution in [2.45, 2.75) is 47.5 Å². The van der Waals surface area contributed by atoms with Gasteiger partial charge < -0.3 is 0 Å². The number of hydrogen-bond donors (Lipinski definition) is 0. The maximum atomic E-state index is 2.17. The predicted molar refractivity (Wildman–Crippen MR) is 64.0 cm³/mol. The summed E-state index contributed by atoms with van der Waals surface area (Å²) >= 11 is 0. The predicted octanol–water partition coefficient (Wildman–Crippen LogP) is 4.89. The van der Waals surface area contributed by atoms with Gasteiger partial charge in [-0.2, -0.15) is 0 Å². The van der Waals surface area contributed by atoms with Crippen molar-refractivity contribution in [1.29, 1.82) is 0 Å². The van der Waals surface area contributed by atoms with Crippen molar-refractivity contribution in [2.75, 3.05) is 0 Å². The molecular weight excluding hydrogens is 156 g/mol. The lowest BCUT2D eigenvalue weighted by Crippen LogP contribution is -1.66. The van der Waals surface area contributed by atoms with E-state index in [9.17, 15) is 0 Å². The molecule has 0 saturated heterocycles. The van der Waals surface area contributed by atoms with Crippen LogP contribution >= 0.6 is 0 Å². The summed E-state index contributed by atoms with van der Waals surface area (Å²) in [7, 11) is 0. The van der Waals surface area contributed by atoms with Gasteiger partial charge in [-0.25, -0.2) is 0 Å². The third-order valence-electron chi connectivity index (χ3n) is 1.53. The van der Waals surface area contributed by atoms with Crippen molar-refractivity contribution in [3.8, 4) is 0 Å². The van der Waals surface area contributed by atoms with Gasteiger partial charge in [-0.1, -0.05) is 63.6 Å². The summed E-state index contributed by atoms with van der Waals surface area (Å²) in [5.74, 6) is 0. The second kappa shape index (κ2) is 13.8. The van der Waals surface area contributed by atoms with Gasteiger partial charge in [0.05, 0.1) is 0 Å².